The first-order valence-electron chi connectivity index (χ1n) is 11.8. The molecule has 0 unspecified atom stereocenters. The predicted molar refractivity (Wildman–Crippen MR) is 139 cm³/mol. The minimum Gasteiger partial charge on any atom is -0.193 e. The van der Waals surface area contributed by atoms with E-state index in [1.165, 1.54) is 24.3 Å². The van der Waals surface area contributed by atoms with Crippen LogP contribution >= 0.6 is 0 Å². The largest absolute Gasteiger partial charge is 0.382 e. The molecule has 0 N–H and O–H groups in total. The molecule has 0 radical (unpaired) electrons. The number of halogens is 6. The standard InChI is InChI=1S/C33H18F6/c34-31(35)29(21-15-23-11-17-27(18-12-23)25-7-3-1-4-8-25)30(32(36,37)33(31,38)39)22-16-24-13-19-28(20-14-24)26-9-5-2-6-10-26/h1-14,17-20H. The topological polar surface area (TPSA) is 0 Å². The van der Waals surface area contributed by atoms with Gasteiger partial charge in [-0.05, 0) is 46.5 Å². The summed E-state index contributed by atoms with van der Waals surface area (Å²) >= 11 is 0. The first-order valence-corrected chi connectivity index (χ1v) is 11.8. The van der Waals surface area contributed by atoms with Gasteiger partial charge in [0.2, 0.25) is 0 Å². The lowest BCUT2D eigenvalue weighted by molar-refractivity contribution is -0.263. The highest BCUT2D eigenvalue weighted by Crippen LogP contribution is 2.58. The van der Waals surface area contributed by atoms with Gasteiger partial charge in [-0.1, -0.05) is 109 Å². The summed E-state index contributed by atoms with van der Waals surface area (Å²) in [5.41, 5.74) is 0.451. The van der Waals surface area contributed by atoms with Crippen molar-refractivity contribution in [2.75, 3.05) is 0 Å². The molecule has 6 heteroatoms. The van der Waals surface area contributed by atoms with E-state index in [0.717, 1.165) is 22.3 Å². The Labute approximate surface area is 221 Å². The lowest BCUT2D eigenvalue weighted by Gasteiger charge is -2.24. The second kappa shape index (κ2) is 9.89. The Morgan fingerprint density at radius 3 is 1.00 bits per heavy atom. The average Bonchev–Trinajstić information content (AvgIpc) is 3.05. The number of alkyl halides is 6. The molecule has 5 rings (SSSR count). The highest BCUT2D eigenvalue weighted by molar-refractivity contribution is 5.66. The Morgan fingerprint density at radius 1 is 0.359 bits per heavy atom. The Hall–Kier alpha value is -4.68. The van der Waals surface area contributed by atoms with E-state index in [-0.39, 0.29) is 11.1 Å². The first-order chi connectivity index (χ1) is 18.6. The summed E-state index contributed by atoms with van der Waals surface area (Å²) in [4.78, 5) is 0. The molecule has 1 aliphatic carbocycles. The molecular formula is C33H18F6. The van der Waals surface area contributed by atoms with E-state index in [1.807, 2.05) is 72.5 Å². The fourth-order valence-electron chi connectivity index (χ4n) is 4.13. The molecule has 0 bridgehead atoms. The SMILES string of the molecule is FC1(F)C(C#Cc2ccc(-c3ccccc3)cc2)=C(C#Cc2ccc(-c3ccccc3)cc2)C(F)(F)C1(F)F. The van der Waals surface area contributed by atoms with Crippen LogP contribution in [0.5, 0.6) is 0 Å². The van der Waals surface area contributed by atoms with Gasteiger partial charge in [0.25, 0.3) is 0 Å². The molecule has 0 saturated heterocycles. The smallest absolute Gasteiger partial charge is 0.193 e. The van der Waals surface area contributed by atoms with Gasteiger partial charge in [0, 0.05) is 11.1 Å². The third-order valence-electron chi connectivity index (χ3n) is 6.31. The van der Waals surface area contributed by atoms with Gasteiger partial charge < -0.3 is 0 Å². The van der Waals surface area contributed by atoms with Crippen LogP contribution in [-0.2, 0) is 0 Å². The zero-order chi connectivity index (χ0) is 27.7. The molecule has 4 aromatic rings. The van der Waals surface area contributed by atoms with E-state index in [1.54, 1.807) is 24.3 Å². The summed E-state index contributed by atoms with van der Waals surface area (Å²) in [5.74, 6) is -7.64. The summed E-state index contributed by atoms with van der Waals surface area (Å²) in [6.45, 7) is 0. The van der Waals surface area contributed by atoms with Gasteiger partial charge in [0.1, 0.15) is 0 Å². The van der Waals surface area contributed by atoms with Crippen LogP contribution in [0.2, 0.25) is 0 Å². The summed E-state index contributed by atoms with van der Waals surface area (Å²) in [6, 6.07) is 31.2. The monoisotopic (exact) mass is 528 g/mol. The minimum absolute atomic E-state index is 0.195. The maximum absolute atomic E-state index is 14.6. The third-order valence-corrected chi connectivity index (χ3v) is 6.31. The molecule has 0 heterocycles. The molecule has 0 amide bonds. The maximum Gasteiger partial charge on any atom is 0.382 e. The van der Waals surface area contributed by atoms with Crippen molar-refractivity contribution in [3.05, 3.63) is 131 Å². The number of rotatable bonds is 2. The van der Waals surface area contributed by atoms with E-state index in [0.29, 0.717) is 0 Å². The number of hydrogen-bond donors (Lipinski definition) is 0. The second-order valence-corrected chi connectivity index (χ2v) is 8.86. The molecule has 0 spiro atoms. The van der Waals surface area contributed by atoms with E-state index >= 15 is 0 Å². The summed E-state index contributed by atoms with van der Waals surface area (Å²) in [6.07, 6.45) is 0. The van der Waals surface area contributed by atoms with Gasteiger partial charge in [-0.3, -0.25) is 0 Å². The number of hydrogen-bond acceptors (Lipinski definition) is 0. The highest BCUT2D eigenvalue weighted by atomic mass is 19.3. The van der Waals surface area contributed by atoms with E-state index in [4.69, 9.17) is 0 Å². The predicted octanol–water partition coefficient (Wildman–Crippen LogP) is 8.64. The van der Waals surface area contributed by atoms with Crippen LogP contribution in [0.25, 0.3) is 22.3 Å². The second-order valence-electron chi connectivity index (χ2n) is 8.86. The van der Waals surface area contributed by atoms with Gasteiger partial charge in [0.05, 0.1) is 11.1 Å². The van der Waals surface area contributed by atoms with Crippen molar-refractivity contribution in [3.63, 3.8) is 0 Å². The lowest BCUT2D eigenvalue weighted by Crippen LogP contribution is -2.49. The Kier molecular flexibility index (Phi) is 6.58. The van der Waals surface area contributed by atoms with Crippen molar-refractivity contribution < 1.29 is 26.3 Å². The fraction of sp³-hybridized carbons (Fsp3) is 0.0909. The van der Waals surface area contributed by atoms with Crippen LogP contribution in [0.3, 0.4) is 0 Å². The van der Waals surface area contributed by atoms with Gasteiger partial charge in [-0.15, -0.1) is 0 Å². The molecule has 4 aromatic carbocycles. The zero-order valence-electron chi connectivity index (χ0n) is 20.2. The highest BCUT2D eigenvalue weighted by Gasteiger charge is 2.80. The quantitative estimate of drug-likeness (QED) is 0.180. The minimum atomic E-state index is -5.68. The molecule has 0 fully saturated rings. The van der Waals surface area contributed by atoms with Gasteiger partial charge in [-0.2, -0.15) is 26.3 Å². The number of benzene rings is 4. The number of allylic oxidation sites excluding steroid dienone is 2. The Morgan fingerprint density at radius 2 is 0.667 bits per heavy atom. The van der Waals surface area contributed by atoms with E-state index < -0.39 is 28.9 Å². The summed E-state index contributed by atoms with van der Waals surface area (Å²) < 4.78 is 87.0. The molecule has 39 heavy (non-hydrogen) atoms. The van der Waals surface area contributed by atoms with Crippen LogP contribution in [0, 0.1) is 23.7 Å². The van der Waals surface area contributed by atoms with Gasteiger partial charge in [-0.25, -0.2) is 0 Å². The first kappa shape index (κ1) is 25.9. The van der Waals surface area contributed by atoms with Crippen molar-refractivity contribution in [2.45, 2.75) is 17.8 Å². The van der Waals surface area contributed by atoms with Crippen molar-refractivity contribution >= 4 is 0 Å². The molecule has 0 aromatic heterocycles. The molecular weight excluding hydrogens is 510 g/mol. The lowest BCUT2D eigenvalue weighted by atomic mass is 10.0. The van der Waals surface area contributed by atoms with Crippen molar-refractivity contribution in [1.82, 2.24) is 0 Å². The van der Waals surface area contributed by atoms with E-state index in [2.05, 4.69) is 11.8 Å². The average molecular weight is 528 g/mol. The zero-order valence-corrected chi connectivity index (χ0v) is 20.2. The molecule has 0 saturated carbocycles. The fourth-order valence-corrected chi connectivity index (χ4v) is 4.13. The van der Waals surface area contributed by atoms with Gasteiger partial charge >= 0.3 is 17.8 Å². The molecule has 192 valence electrons. The van der Waals surface area contributed by atoms with Crippen LogP contribution in [0.4, 0.5) is 26.3 Å². The van der Waals surface area contributed by atoms with Crippen molar-refractivity contribution in [2.24, 2.45) is 0 Å². The maximum atomic E-state index is 14.6. The molecule has 0 atom stereocenters. The molecule has 0 nitrogen and oxygen atoms in total. The molecule has 0 aliphatic heterocycles. The van der Waals surface area contributed by atoms with Crippen LogP contribution < -0.4 is 0 Å². The normalized spacial score (nSPS) is 16.6. The van der Waals surface area contributed by atoms with Crippen LogP contribution in [0.15, 0.2) is 120 Å². The van der Waals surface area contributed by atoms with Crippen molar-refractivity contribution in [3.8, 4) is 45.9 Å². The summed E-state index contributed by atoms with van der Waals surface area (Å²) in [5, 5.41) is 0. The Balaban J connectivity index is 1.51. The van der Waals surface area contributed by atoms with Crippen LogP contribution in [0.1, 0.15) is 11.1 Å². The van der Waals surface area contributed by atoms with Gasteiger partial charge in [0.15, 0.2) is 0 Å². The third kappa shape index (κ3) is 4.71. The van der Waals surface area contributed by atoms with E-state index in [9.17, 15) is 26.3 Å². The molecule has 1 aliphatic rings. The Bertz CT molecular complexity index is 1520. The summed E-state index contributed by atoms with van der Waals surface area (Å²) in [7, 11) is 0. The van der Waals surface area contributed by atoms with Crippen molar-refractivity contribution in [1.29, 1.82) is 0 Å². The van der Waals surface area contributed by atoms with Crippen LogP contribution in [-0.4, -0.2) is 17.8 Å².